The van der Waals surface area contributed by atoms with E-state index < -0.39 is 41.1 Å². The van der Waals surface area contributed by atoms with Gasteiger partial charge in [-0.05, 0) is 12.1 Å². The number of nitrogens with one attached hydrogen (secondary N) is 3. The van der Waals surface area contributed by atoms with Gasteiger partial charge in [0.15, 0.2) is 0 Å². The van der Waals surface area contributed by atoms with Crippen LogP contribution in [0.15, 0.2) is 35.2 Å². The van der Waals surface area contributed by atoms with Gasteiger partial charge in [-0.1, -0.05) is 18.2 Å². The number of carbonyl (C=O) groups excluding carboxylic acids is 2. The number of rotatable bonds is 8. The minimum atomic E-state index is -4.53. The molecule has 2 amide bonds. The Balaban J connectivity index is 2.28. The maximum Gasteiger partial charge on any atom is 0.405 e. The summed E-state index contributed by atoms with van der Waals surface area (Å²) in [4.78, 5) is 22.5. The predicted octanol–water partition coefficient (Wildman–Crippen LogP) is 0.150. The third-order valence-electron chi connectivity index (χ3n) is 2.63. The smallest absolute Gasteiger partial charge is 0.347 e. The fourth-order valence-corrected chi connectivity index (χ4v) is 2.56. The molecule has 134 valence electrons. The Kier molecular flexibility index (Phi) is 7.17. The lowest BCUT2D eigenvalue weighted by Gasteiger charge is -2.09. The second-order valence-corrected chi connectivity index (χ2v) is 6.40. The summed E-state index contributed by atoms with van der Waals surface area (Å²) >= 11 is 0. The number of hydrogen-bond donors (Lipinski definition) is 3. The molecule has 0 saturated carbocycles. The van der Waals surface area contributed by atoms with Gasteiger partial charge in [-0.2, -0.15) is 13.2 Å². The highest BCUT2D eigenvalue weighted by Gasteiger charge is 2.27. The lowest BCUT2D eigenvalue weighted by molar-refractivity contribution is -0.138. The quantitative estimate of drug-likeness (QED) is 0.608. The van der Waals surface area contributed by atoms with Crippen LogP contribution in [0.1, 0.15) is 6.42 Å². The van der Waals surface area contributed by atoms with Crippen LogP contribution in [-0.4, -0.2) is 46.0 Å². The molecule has 24 heavy (non-hydrogen) atoms. The first kappa shape index (κ1) is 19.9. The summed E-state index contributed by atoms with van der Waals surface area (Å²) in [5.41, 5.74) is 0. The Labute approximate surface area is 136 Å². The van der Waals surface area contributed by atoms with E-state index in [9.17, 15) is 31.2 Å². The maximum absolute atomic E-state index is 11.9. The molecule has 1 rings (SSSR count). The fraction of sp³-hybridized carbons (Fsp3) is 0.385. The van der Waals surface area contributed by atoms with Crippen LogP contribution in [0.5, 0.6) is 0 Å². The van der Waals surface area contributed by atoms with Crippen LogP contribution in [0, 0.1) is 0 Å². The summed E-state index contributed by atoms with van der Waals surface area (Å²) in [6.07, 6.45) is -4.80. The van der Waals surface area contributed by atoms with E-state index in [1.54, 1.807) is 23.5 Å². The molecule has 0 heterocycles. The molecular formula is C13H16F3N3O4S. The van der Waals surface area contributed by atoms with Crippen LogP contribution in [0.2, 0.25) is 0 Å². The minimum absolute atomic E-state index is 0.0388. The van der Waals surface area contributed by atoms with Crippen molar-refractivity contribution in [2.75, 3.05) is 19.6 Å². The summed E-state index contributed by atoms with van der Waals surface area (Å²) < 4.78 is 61.5. The number of alkyl halides is 3. The molecular weight excluding hydrogens is 351 g/mol. The van der Waals surface area contributed by atoms with E-state index in [-0.39, 0.29) is 17.9 Å². The van der Waals surface area contributed by atoms with Gasteiger partial charge in [-0.3, -0.25) is 9.59 Å². The number of benzene rings is 1. The summed E-state index contributed by atoms with van der Waals surface area (Å²) in [5, 5.41) is 3.68. The summed E-state index contributed by atoms with van der Waals surface area (Å²) in [7, 11) is -3.75. The highest BCUT2D eigenvalue weighted by Crippen LogP contribution is 2.11. The van der Waals surface area contributed by atoms with E-state index in [1.165, 1.54) is 12.1 Å². The molecule has 1 aromatic carbocycles. The molecule has 0 aliphatic rings. The van der Waals surface area contributed by atoms with Crippen molar-refractivity contribution in [3.8, 4) is 0 Å². The van der Waals surface area contributed by atoms with Gasteiger partial charge in [0.1, 0.15) is 6.54 Å². The van der Waals surface area contributed by atoms with Gasteiger partial charge in [0.05, 0.1) is 11.4 Å². The van der Waals surface area contributed by atoms with Crippen molar-refractivity contribution in [3.63, 3.8) is 0 Å². The average Bonchev–Trinajstić information content (AvgIpc) is 2.51. The van der Waals surface area contributed by atoms with Crippen molar-refractivity contribution in [1.29, 1.82) is 0 Å². The third-order valence-corrected chi connectivity index (χ3v) is 4.11. The summed E-state index contributed by atoms with van der Waals surface area (Å²) in [6, 6.07) is 7.50. The number of amides is 2. The van der Waals surface area contributed by atoms with E-state index in [1.807, 2.05) is 0 Å². The molecule has 0 bridgehead atoms. The van der Waals surface area contributed by atoms with Gasteiger partial charge in [0.25, 0.3) is 0 Å². The number of hydrogen-bond acceptors (Lipinski definition) is 4. The van der Waals surface area contributed by atoms with Crippen molar-refractivity contribution < 1.29 is 31.2 Å². The second kappa shape index (κ2) is 8.64. The van der Waals surface area contributed by atoms with Crippen molar-refractivity contribution in [3.05, 3.63) is 30.3 Å². The molecule has 0 fully saturated rings. The van der Waals surface area contributed by atoms with Gasteiger partial charge < -0.3 is 10.6 Å². The van der Waals surface area contributed by atoms with E-state index in [0.29, 0.717) is 0 Å². The Morgan fingerprint density at radius 1 is 1.00 bits per heavy atom. The van der Waals surface area contributed by atoms with Gasteiger partial charge in [0.2, 0.25) is 21.8 Å². The minimum Gasteiger partial charge on any atom is -0.347 e. The molecule has 0 aliphatic heterocycles. The van der Waals surface area contributed by atoms with Crippen LogP contribution in [0.25, 0.3) is 0 Å². The molecule has 0 aromatic heterocycles. The predicted molar refractivity (Wildman–Crippen MR) is 78.3 cm³/mol. The van der Waals surface area contributed by atoms with Gasteiger partial charge in [-0.15, -0.1) is 0 Å². The first-order valence-electron chi connectivity index (χ1n) is 6.75. The molecule has 11 heteroatoms. The second-order valence-electron chi connectivity index (χ2n) is 4.63. The SMILES string of the molecule is O=C(CCNS(=O)(=O)c1ccccc1)NCC(=O)NCC(F)(F)F. The van der Waals surface area contributed by atoms with Crippen LogP contribution >= 0.6 is 0 Å². The van der Waals surface area contributed by atoms with E-state index in [2.05, 4.69) is 10.0 Å². The molecule has 0 atom stereocenters. The Morgan fingerprint density at radius 3 is 2.21 bits per heavy atom. The van der Waals surface area contributed by atoms with E-state index in [4.69, 9.17) is 0 Å². The Morgan fingerprint density at radius 2 is 1.62 bits per heavy atom. The van der Waals surface area contributed by atoms with Crippen molar-refractivity contribution >= 4 is 21.8 Å². The summed E-state index contributed by atoms with van der Waals surface area (Å²) in [6.45, 7) is -2.33. The fourth-order valence-electron chi connectivity index (χ4n) is 1.51. The molecule has 3 N–H and O–H groups in total. The monoisotopic (exact) mass is 367 g/mol. The maximum atomic E-state index is 11.9. The third kappa shape index (κ3) is 7.92. The van der Waals surface area contributed by atoms with Crippen molar-refractivity contribution in [1.82, 2.24) is 15.4 Å². The molecule has 0 saturated heterocycles. The first-order valence-corrected chi connectivity index (χ1v) is 8.23. The van der Waals surface area contributed by atoms with Gasteiger partial charge in [-0.25, -0.2) is 13.1 Å². The van der Waals surface area contributed by atoms with E-state index >= 15 is 0 Å². The average molecular weight is 367 g/mol. The lowest BCUT2D eigenvalue weighted by Crippen LogP contribution is -2.41. The zero-order chi connectivity index (χ0) is 18.2. The highest BCUT2D eigenvalue weighted by atomic mass is 32.2. The van der Waals surface area contributed by atoms with Gasteiger partial charge >= 0.3 is 6.18 Å². The zero-order valence-corrected chi connectivity index (χ0v) is 13.2. The van der Waals surface area contributed by atoms with Crippen molar-refractivity contribution in [2.24, 2.45) is 0 Å². The van der Waals surface area contributed by atoms with Crippen molar-refractivity contribution in [2.45, 2.75) is 17.5 Å². The highest BCUT2D eigenvalue weighted by molar-refractivity contribution is 7.89. The summed E-state index contributed by atoms with van der Waals surface area (Å²) in [5.74, 6) is -1.67. The molecule has 0 unspecified atom stereocenters. The normalized spacial score (nSPS) is 11.8. The van der Waals surface area contributed by atoms with Crippen LogP contribution < -0.4 is 15.4 Å². The van der Waals surface area contributed by atoms with Gasteiger partial charge in [0, 0.05) is 13.0 Å². The first-order chi connectivity index (χ1) is 11.1. The largest absolute Gasteiger partial charge is 0.405 e. The number of sulfonamides is 1. The molecule has 0 spiro atoms. The van der Waals surface area contributed by atoms with Crippen LogP contribution in [-0.2, 0) is 19.6 Å². The topological polar surface area (TPSA) is 104 Å². The van der Waals surface area contributed by atoms with E-state index in [0.717, 1.165) is 0 Å². The Hall–Kier alpha value is -2.14. The number of halogens is 3. The Bertz CT molecular complexity index is 663. The van der Waals surface area contributed by atoms with Crippen LogP contribution in [0.3, 0.4) is 0 Å². The standard InChI is InChI=1S/C13H16F3N3O4S/c14-13(15,16)9-18-12(21)8-17-11(20)6-7-19-24(22,23)10-4-2-1-3-5-10/h1-5,19H,6-9H2,(H,17,20)(H,18,21). The molecule has 0 aliphatic carbocycles. The number of carbonyl (C=O) groups is 2. The molecule has 1 aromatic rings. The molecule has 0 radical (unpaired) electrons. The zero-order valence-electron chi connectivity index (χ0n) is 12.4. The lowest BCUT2D eigenvalue weighted by atomic mass is 10.4. The van der Waals surface area contributed by atoms with Crippen LogP contribution in [0.4, 0.5) is 13.2 Å². The molecule has 7 nitrogen and oxygen atoms in total.